The van der Waals surface area contributed by atoms with Crippen LogP contribution in [0.25, 0.3) is 0 Å². The molecular weight excluding hydrogens is 228 g/mol. The average Bonchev–Trinajstić information content (AvgIpc) is 2.11. The number of hydrogen-bond acceptors (Lipinski definition) is 1. The Balaban J connectivity index is 4.08. The van der Waals surface area contributed by atoms with Crippen molar-refractivity contribution in [3.8, 4) is 0 Å². The zero-order valence-electron chi connectivity index (χ0n) is 8.77. The molecule has 0 aromatic heterocycles. The third-order valence-electron chi connectivity index (χ3n) is 2.39. The predicted octanol–water partition coefficient (Wildman–Crippen LogP) is 4.01. The number of hydrogen-bond donors (Lipinski definition) is 1. The molecule has 0 saturated heterocycles. The lowest BCUT2D eigenvalue weighted by molar-refractivity contribution is 0.0647. The minimum atomic E-state index is -0.675. The van der Waals surface area contributed by atoms with E-state index in [2.05, 4.69) is 36.4 Å². The molecule has 0 bridgehead atoms. The first-order valence-electron chi connectivity index (χ1n) is 5.14. The molecule has 0 radical (unpaired) electrons. The summed E-state index contributed by atoms with van der Waals surface area (Å²) >= 11 is 3.31. The molecule has 13 heavy (non-hydrogen) atoms. The van der Waals surface area contributed by atoms with Gasteiger partial charge in [-0.15, -0.1) is 0 Å². The van der Waals surface area contributed by atoms with Crippen LogP contribution in [0.1, 0.15) is 52.4 Å². The summed E-state index contributed by atoms with van der Waals surface area (Å²) in [4.78, 5) is 0. The standard InChI is InChI=1S/C11H21BrO/c1-4-6-8-11(13,10(3)12)9-7-5-2/h13H,3-9H2,1-2H3. The molecule has 0 spiro atoms. The fourth-order valence-corrected chi connectivity index (χ4v) is 1.73. The van der Waals surface area contributed by atoms with Gasteiger partial charge in [0.25, 0.3) is 0 Å². The molecule has 0 aliphatic carbocycles. The Kier molecular flexibility index (Phi) is 6.70. The lowest BCUT2D eigenvalue weighted by atomic mass is 9.91. The molecule has 0 fully saturated rings. The summed E-state index contributed by atoms with van der Waals surface area (Å²) in [6.45, 7) is 8.07. The quantitative estimate of drug-likeness (QED) is 0.722. The maximum atomic E-state index is 10.2. The lowest BCUT2D eigenvalue weighted by Gasteiger charge is -2.27. The summed E-state index contributed by atoms with van der Waals surface area (Å²) in [5, 5.41) is 10.2. The summed E-state index contributed by atoms with van der Waals surface area (Å²) in [5.74, 6) is 0. The van der Waals surface area contributed by atoms with Crippen molar-refractivity contribution in [3.05, 3.63) is 11.1 Å². The van der Waals surface area contributed by atoms with Gasteiger partial charge in [-0.25, -0.2) is 0 Å². The van der Waals surface area contributed by atoms with Gasteiger partial charge in [0, 0.05) is 4.48 Å². The van der Waals surface area contributed by atoms with Crippen molar-refractivity contribution in [2.24, 2.45) is 0 Å². The van der Waals surface area contributed by atoms with Crippen molar-refractivity contribution in [1.82, 2.24) is 0 Å². The Labute approximate surface area is 90.4 Å². The summed E-state index contributed by atoms with van der Waals surface area (Å²) in [6, 6.07) is 0. The van der Waals surface area contributed by atoms with E-state index >= 15 is 0 Å². The van der Waals surface area contributed by atoms with Gasteiger partial charge in [-0.05, 0) is 12.8 Å². The van der Waals surface area contributed by atoms with Gasteiger partial charge in [0.2, 0.25) is 0 Å². The van der Waals surface area contributed by atoms with Gasteiger partial charge < -0.3 is 5.11 Å². The van der Waals surface area contributed by atoms with Crippen LogP contribution in [-0.2, 0) is 0 Å². The average molecular weight is 249 g/mol. The highest BCUT2D eigenvalue weighted by Crippen LogP contribution is 2.31. The Morgan fingerprint density at radius 3 is 1.85 bits per heavy atom. The van der Waals surface area contributed by atoms with Gasteiger partial charge in [0.15, 0.2) is 0 Å². The molecule has 0 aliphatic rings. The van der Waals surface area contributed by atoms with Crippen LogP contribution in [-0.4, -0.2) is 10.7 Å². The molecule has 0 aromatic rings. The first-order chi connectivity index (χ1) is 6.06. The van der Waals surface area contributed by atoms with Crippen molar-refractivity contribution in [1.29, 1.82) is 0 Å². The van der Waals surface area contributed by atoms with Crippen LogP contribution in [0.5, 0.6) is 0 Å². The molecule has 0 rings (SSSR count). The summed E-state index contributed by atoms with van der Waals surface area (Å²) in [6.07, 6.45) is 6.01. The third-order valence-corrected chi connectivity index (χ3v) is 3.13. The van der Waals surface area contributed by atoms with Crippen molar-refractivity contribution >= 4 is 15.9 Å². The van der Waals surface area contributed by atoms with Crippen molar-refractivity contribution in [2.75, 3.05) is 0 Å². The maximum Gasteiger partial charge on any atom is 0.0954 e. The fourth-order valence-electron chi connectivity index (χ4n) is 1.33. The highest BCUT2D eigenvalue weighted by molar-refractivity contribution is 9.11. The lowest BCUT2D eigenvalue weighted by Crippen LogP contribution is -2.28. The molecule has 0 unspecified atom stereocenters. The zero-order valence-corrected chi connectivity index (χ0v) is 10.4. The summed E-state index contributed by atoms with van der Waals surface area (Å²) in [5.41, 5.74) is -0.675. The second-order valence-electron chi connectivity index (χ2n) is 3.64. The number of rotatable bonds is 7. The number of aliphatic hydroxyl groups is 1. The summed E-state index contributed by atoms with van der Waals surface area (Å²) < 4.78 is 0.738. The van der Waals surface area contributed by atoms with E-state index in [-0.39, 0.29) is 0 Å². The van der Waals surface area contributed by atoms with Gasteiger partial charge in [0.05, 0.1) is 5.60 Å². The largest absolute Gasteiger partial charge is 0.385 e. The van der Waals surface area contributed by atoms with Crippen LogP contribution in [0.3, 0.4) is 0 Å². The van der Waals surface area contributed by atoms with E-state index < -0.39 is 5.60 Å². The van der Waals surface area contributed by atoms with E-state index in [9.17, 15) is 5.11 Å². The van der Waals surface area contributed by atoms with Crippen LogP contribution in [0.15, 0.2) is 11.1 Å². The third kappa shape index (κ3) is 4.82. The highest BCUT2D eigenvalue weighted by atomic mass is 79.9. The second-order valence-corrected chi connectivity index (χ2v) is 4.60. The number of halogens is 1. The van der Waals surface area contributed by atoms with Gasteiger partial charge in [-0.2, -0.15) is 0 Å². The van der Waals surface area contributed by atoms with Gasteiger partial charge in [-0.1, -0.05) is 62.0 Å². The predicted molar refractivity (Wildman–Crippen MR) is 62.1 cm³/mol. The highest BCUT2D eigenvalue weighted by Gasteiger charge is 2.27. The van der Waals surface area contributed by atoms with Crippen LogP contribution in [0, 0.1) is 0 Å². The van der Waals surface area contributed by atoms with Crippen LogP contribution in [0.4, 0.5) is 0 Å². The molecule has 0 aromatic carbocycles. The van der Waals surface area contributed by atoms with Crippen LogP contribution >= 0.6 is 15.9 Å². The minimum absolute atomic E-state index is 0.675. The first kappa shape index (κ1) is 13.2. The number of unbranched alkanes of at least 4 members (excludes halogenated alkanes) is 2. The SMILES string of the molecule is C=C(Br)C(O)(CCCC)CCCC. The Morgan fingerprint density at radius 1 is 1.23 bits per heavy atom. The topological polar surface area (TPSA) is 20.2 Å². The van der Waals surface area contributed by atoms with Crippen LogP contribution < -0.4 is 0 Å². The van der Waals surface area contributed by atoms with E-state index in [1.54, 1.807) is 0 Å². The molecule has 2 heteroatoms. The molecule has 1 N–H and O–H groups in total. The molecule has 0 amide bonds. The molecule has 0 aliphatic heterocycles. The van der Waals surface area contributed by atoms with Gasteiger partial charge >= 0.3 is 0 Å². The van der Waals surface area contributed by atoms with E-state index in [1.807, 2.05) is 0 Å². The van der Waals surface area contributed by atoms with E-state index in [0.29, 0.717) is 0 Å². The Morgan fingerprint density at radius 2 is 1.62 bits per heavy atom. The van der Waals surface area contributed by atoms with E-state index in [0.717, 1.165) is 43.0 Å². The molecule has 0 heterocycles. The fraction of sp³-hybridized carbons (Fsp3) is 0.818. The Hall–Kier alpha value is 0.180. The Bertz CT molecular complexity index is 146. The molecule has 0 atom stereocenters. The van der Waals surface area contributed by atoms with Crippen molar-refractivity contribution in [2.45, 2.75) is 58.0 Å². The minimum Gasteiger partial charge on any atom is -0.385 e. The smallest absolute Gasteiger partial charge is 0.0954 e. The maximum absolute atomic E-state index is 10.2. The van der Waals surface area contributed by atoms with Crippen molar-refractivity contribution in [3.63, 3.8) is 0 Å². The molecular formula is C11H21BrO. The normalized spacial score (nSPS) is 11.7. The molecule has 1 nitrogen and oxygen atoms in total. The zero-order chi connectivity index (χ0) is 10.3. The van der Waals surface area contributed by atoms with E-state index in [1.165, 1.54) is 0 Å². The summed E-state index contributed by atoms with van der Waals surface area (Å²) in [7, 11) is 0. The monoisotopic (exact) mass is 248 g/mol. The van der Waals surface area contributed by atoms with Crippen molar-refractivity contribution < 1.29 is 5.11 Å². The van der Waals surface area contributed by atoms with Crippen LogP contribution in [0.2, 0.25) is 0 Å². The van der Waals surface area contributed by atoms with Gasteiger partial charge in [0.1, 0.15) is 0 Å². The second kappa shape index (κ2) is 6.61. The molecule has 0 saturated carbocycles. The van der Waals surface area contributed by atoms with Gasteiger partial charge in [-0.3, -0.25) is 0 Å². The van der Waals surface area contributed by atoms with E-state index in [4.69, 9.17) is 0 Å². The first-order valence-corrected chi connectivity index (χ1v) is 5.93. The molecule has 78 valence electrons.